The number of hydrogen-bond donors (Lipinski definition) is 1. The van der Waals surface area contributed by atoms with E-state index in [1.807, 2.05) is 30.3 Å². The Hall–Kier alpha value is -4.01. The van der Waals surface area contributed by atoms with E-state index in [0.717, 1.165) is 11.6 Å². The summed E-state index contributed by atoms with van der Waals surface area (Å²) in [6, 6.07) is 13.4. The summed E-state index contributed by atoms with van der Waals surface area (Å²) in [6.07, 6.45) is 1.51. The Morgan fingerprint density at radius 2 is 1.90 bits per heavy atom. The van der Waals surface area contributed by atoms with Gasteiger partial charge >= 0.3 is 0 Å². The van der Waals surface area contributed by atoms with Crippen molar-refractivity contribution in [3.05, 3.63) is 83.2 Å². The smallest absolute Gasteiger partial charge is 0.272 e. The molecule has 31 heavy (non-hydrogen) atoms. The third-order valence-corrected chi connectivity index (χ3v) is 5.27. The second-order valence-electron chi connectivity index (χ2n) is 7.22. The van der Waals surface area contributed by atoms with Crippen LogP contribution in [-0.2, 0) is 4.79 Å². The SMILES string of the molecule is Cc1nn(-c2nncc(-c3ccccc3)n2)c2c1[C@H](c1cccc(F)c1F)CC(=O)N2. The fourth-order valence-electron chi connectivity index (χ4n) is 3.88. The van der Waals surface area contributed by atoms with Crippen LogP contribution in [-0.4, -0.2) is 30.9 Å². The Labute approximate surface area is 175 Å². The summed E-state index contributed by atoms with van der Waals surface area (Å²) in [4.78, 5) is 17.0. The molecule has 4 aromatic rings. The van der Waals surface area contributed by atoms with Crippen LogP contribution in [0.1, 0.15) is 29.2 Å². The van der Waals surface area contributed by atoms with Gasteiger partial charge in [0.25, 0.3) is 5.95 Å². The zero-order chi connectivity index (χ0) is 21.5. The lowest BCUT2D eigenvalue weighted by Gasteiger charge is -2.24. The average Bonchev–Trinajstić information content (AvgIpc) is 3.12. The lowest BCUT2D eigenvalue weighted by Crippen LogP contribution is -2.26. The first-order valence-corrected chi connectivity index (χ1v) is 9.61. The van der Waals surface area contributed by atoms with Gasteiger partial charge in [0.15, 0.2) is 11.6 Å². The second kappa shape index (κ2) is 7.35. The molecule has 0 unspecified atom stereocenters. The lowest BCUT2D eigenvalue weighted by molar-refractivity contribution is -0.116. The highest BCUT2D eigenvalue weighted by Crippen LogP contribution is 2.41. The predicted molar refractivity (Wildman–Crippen MR) is 109 cm³/mol. The molecule has 0 fully saturated rings. The zero-order valence-corrected chi connectivity index (χ0v) is 16.4. The average molecular weight is 418 g/mol. The van der Waals surface area contributed by atoms with Gasteiger partial charge in [0, 0.05) is 23.5 Å². The molecular formula is C22H16F2N6O. The zero-order valence-electron chi connectivity index (χ0n) is 16.4. The number of anilines is 1. The Bertz CT molecular complexity index is 1300. The van der Waals surface area contributed by atoms with Gasteiger partial charge in [-0.1, -0.05) is 42.5 Å². The third kappa shape index (κ3) is 3.24. The van der Waals surface area contributed by atoms with E-state index in [9.17, 15) is 13.6 Å². The summed E-state index contributed by atoms with van der Waals surface area (Å²) < 4.78 is 29.8. The first kappa shape index (κ1) is 19.0. The molecule has 7 nitrogen and oxygen atoms in total. The number of rotatable bonds is 3. The molecule has 0 saturated carbocycles. The minimum absolute atomic E-state index is 0.0247. The summed E-state index contributed by atoms with van der Waals surface area (Å²) in [7, 11) is 0. The van der Waals surface area contributed by atoms with E-state index in [2.05, 4.69) is 25.6 Å². The van der Waals surface area contributed by atoms with Crippen molar-refractivity contribution in [2.75, 3.05) is 5.32 Å². The third-order valence-electron chi connectivity index (χ3n) is 5.27. The Morgan fingerprint density at radius 1 is 1.10 bits per heavy atom. The van der Waals surface area contributed by atoms with Crippen LogP contribution in [0.15, 0.2) is 54.7 Å². The van der Waals surface area contributed by atoms with Crippen molar-refractivity contribution in [3.63, 3.8) is 0 Å². The standard InChI is InChI=1S/C22H16F2N6O/c1-12-19-15(14-8-5-9-16(23)20(14)24)10-18(31)27-21(19)30(29-12)22-26-17(11-25-28-22)13-6-3-2-4-7-13/h2-9,11,15H,10H2,1H3,(H,27,31)/t15-/m0/s1. The van der Waals surface area contributed by atoms with Crippen molar-refractivity contribution in [3.8, 4) is 17.2 Å². The van der Waals surface area contributed by atoms with Crippen molar-refractivity contribution in [2.24, 2.45) is 0 Å². The van der Waals surface area contributed by atoms with Crippen molar-refractivity contribution in [1.29, 1.82) is 0 Å². The highest BCUT2D eigenvalue weighted by molar-refractivity contribution is 5.95. The Morgan fingerprint density at radius 3 is 2.71 bits per heavy atom. The molecule has 9 heteroatoms. The summed E-state index contributed by atoms with van der Waals surface area (Å²) in [6.45, 7) is 1.74. The molecule has 2 aromatic heterocycles. The molecule has 1 aliphatic rings. The normalized spacial score (nSPS) is 15.5. The van der Waals surface area contributed by atoms with Crippen molar-refractivity contribution >= 4 is 11.7 Å². The van der Waals surface area contributed by atoms with Crippen molar-refractivity contribution in [2.45, 2.75) is 19.3 Å². The van der Waals surface area contributed by atoms with Crippen molar-refractivity contribution < 1.29 is 13.6 Å². The second-order valence-corrected chi connectivity index (χ2v) is 7.22. The van der Waals surface area contributed by atoms with E-state index >= 15 is 0 Å². The molecule has 0 bridgehead atoms. The van der Waals surface area contributed by atoms with E-state index in [4.69, 9.17) is 0 Å². The summed E-state index contributed by atoms with van der Waals surface area (Å²) in [5, 5.41) is 15.3. The summed E-state index contributed by atoms with van der Waals surface area (Å²) in [5.41, 5.74) is 2.69. The number of fused-ring (bicyclic) bond motifs is 1. The summed E-state index contributed by atoms with van der Waals surface area (Å²) >= 11 is 0. The van der Waals surface area contributed by atoms with Crippen LogP contribution in [0.5, 0.6) is 0 Å². The number of aromatic nitrogens is 5. The number of carbonyl (C=O) groups is 1. The first-order valence-electron chi connectivity index (χ1n) is 9.61. The minimum atomic E-state index is -0.968. The van der Waals surface area contributed by atoms with Gasteiger partial charge in [-0.2, -0.15) is 14.9 Å². The summed E-state index contributed by atoms with van der Waals surface area (Å²) in [5.74, 6) is -2.46. The fraction of sp³-hybridized carbons (Fsp3) is 0.136. The van der Waals surface area contributed by atoms with Gasteiger partial charge in [0.05, 0.1) is 17.6 Å². The predicted octanol–water partition coefficient (Wildman–Crippen LogP) is 3.79. The Kier molecular flexibility index (Phi) is 4.50. The number of nitrogens with zero attached hydrogens (tertiary/aromatic N) is 5. The van der Waals surface area contributed by atoms with Gasteiger partial charge in [-0.3, -0.25) is 4.79 Å². The largest absolute Gasteiger partial charge is 0.310 e. The Balaban J connectivity index is 1.65. The maximum absolute atomic E-state index is 14.5. The minimum Gasteiger partial charge on any atom is -0.310 e. The lowest BCUT2D eigenvalue weighted by atomic mass is 9.85. The number of aryl methyl sites for hydroxylation is 1. The molecule has 5 rings (SSSR count). The van der Waals surface area contributed by atoms with E-state index < -0.39 is 17.6 Å². The van der Waals surface area contributed by atoms with Crippen LogP contribution in [0.3, 0.4) is 0 Å². The number of amides is 1. The maximum atomic E-state index is 14.5. The van der Waals surface area contributed by atoms with Crippen LogP contribution in [0.2, 0.25) is 0 Å². The fourth-order valence-corrected chi connectivity index (χ4v) is 3.88. The number of benzene rings is 2. The monoisotopic (exact) mass is 418 g/mol. The van der Waals surface area contributed by atoms with Crippen LogP contribution >= 0.6 is 0 Å². The van der Waals surface area contributed by atoms with Crippen LogP contribution in [0.4, 0.5) is 14.6 Å². The topological polar surface area (TPSA) is 85.6 Å². The molecule has 0 radical (unpaired) electrons. The van der Waals surface area contributed by atoms with E-state index in [1.165, 1.54) is 23.0 Å². The van der Waals surface area contributed by atoms with Crippen molar-refractivity contribution in [1.82, 2.24) is 25.0 Å². The molecular weight excluding hydrogens is 402 g/mol. The van der Waals surface area contributed by atoms with Gasteiger partial charge in [-0.15, -0.1) is 5.10 Å². The molecule has 1 aliphatic heterocycles. The molecule has 0 aliphatic carbocycles. The molecule has 2 aromatic carbocycles. The van der Waals surface area contributed by atoms with Gasteiger partial charge < -0.3 is 5.32 Å². The van der Waals surface area contributed by atoms with E-state index in [1.54, 1.807) is 6.92 Å². The number of nitrogens with one attached hydrogen (secondary N) is 1. The highest BCUT2D eigenvalue weighted by Gasteiger charge is 2.35. The molecule has 1 atom stereocenters. The van der Waals surface area contributed by atoms with Gasteiger partial charge in [-0.25, -0.2) is 13.8 Å². The first-order chi connectivity index (χ1) is 15.0. The van der Waals surface area contributed by atoms with E-state index in [-0.39, 0.29) is 23.8 Å². The molecule has 0 spiro atoms. The molecule has 1 N–H and O–H groups in total. The molecule has 0 saturated heterocycles. The van der Waals surface area contributed by atoms with Gasteiger partial charge in [-0.05, 0) is 18.6 Å². The maximum Gasteiger partial charge on any atom is 0.272 e. The van der Waals surface area contributed by atoms with Crippen LogP contribution in [0, 0.1) is 18.6 Å². The van der Waals surface area contributed by atoms with Crippen LogP contribution in [0.25, 0.3) is 17.2 Å². The number of halogens is 2. The number of carbonyl (C=O) groups excluding carboxylic acids is 1. The number of hydrogen-bond acceptors (Lipinski definition) is 5. The van der Waals surface area contributed by atoms with Gasteiger partial charge in [0.1, 0.15) is 5.82 Å². The highest BCUT2D eigenvalue weighted by atomic mass is 19.2. The van der Waals surface area contributed by atoms with Crippen LogP contribution < -0.4 is 5.32 Å². The quantitative estimate of drug-likeness (QED) is 0.547. The van der Waals surface area contributed by atoms with E-state index in [0.29, 0.717) is 22.8 Å². The van der Waals surface area contributed by atoms with Gasteiger partial charge in [0.2, 0.25) is 5.91 Å². The molecule has 154 valence electrons. The molecule has 1 amide bonds. The molecule has 3 heterocycles.